The van der Waals surface area contributed by atoms with Crippen LogP contribution in [0.15, 0.2) is 85.6 Å². The van der Waals surface area contributed by atoms with Gasteiger partial charge in [0.05, 0.1) is 16.6 Å². The first-order valence-electron chi connectivity index (χ1n) is 12.3. The van der Waals surface area contributed by atoms with Gasteiger partial charge in [0.1, 0.15) is 11.5 Å². The van der Waals surface area contributed by atoms with Crippen LogP contribution < -0.4 is 5.32 Å². The first kappa shape index (κ1) is 24.8. The van der Waals surface area contributed by atoms with Crippen molar-refractivity contribution in [2.75, 3.05) is 0 Å². The summed E-state index contributed by atoms with van der Waals surface area (Å²) in [6, 6.07) is 7.54. The Kier molecular flexibility index (Phi) is 6.90. The Morgan fingerprint density at radius 2 is 2.00 bits per heavy atom. The molecule has 38 heavy (non-hydrogen) atoms. The number of aromatic nitrogens is 7. The van der Waals surface area contributed by atoms with Gasteiger partial charge in [-0.25, -0.2) is 19.3 Å². The van der Waals surface area contributed by atoms with Crippen molar-refractivity contribution in [1.29, 1.82) is 0 Å². The summed E-state index contributed by atoms with van der Waals surface area (Å²) >= 11 is 0. The molecule has 9 heteroatoms. The van der Waals surface area contributed by atoms with Crippen LogP contribution in [0.3, 0.4) is 0 Å². The highest BCUT2D eigenvalue weighted by Gasteiger charge is 2.21. The number of halogens is 1. The number of aromatic amines is 2. The third kappa shape index (κ3) is 4.61. The number of H-pyrrole nitrogens is 2. The van der Waals surface area contributed by atoms with Crippen LogP contribution >= 0.6 is 0 Å². The molecule has 5 rings (SSSR count). The lowest BCUT2D eigenvalue weighted by Gasteiger charge is -2.11. The van der Waals surface area contributed by atoms with Crippen LogP contribution in [0.25, 0.3) is 50.5 Å². The van der Waals surface area contributed by atoms with Gasteiger partial charge in [-0.15, -0.1) is 0 Å². The van der Waals surface area contributed by atoms with Gasteiger partial charge in [-0.1, -0.05) is 38.6 Å². The maximum atomic E-state index is 16.1. The highest BCUT2D eigenvalue weighted by Crippen LogP contribution is 2.33. The van der Waals surface area contributed by atoms with E-state index in [1.165, 1.54) is 6.20 Å². The largest absolute Gasteiger partial charge is 0.359 e. The van der Waals surface area contributed by atoms with Crippen LogP contribution in [-0.2, 0) is 0 Å². The molecule has 0 saturated carbocycles. The molecule has 0 aliphatic heterocycles. The molecule has 5 aromatic rings. The fourth-order valence-corrected chi connectivity index (χ4v) is 4.29. The molecule has 5 aromatic heterocycles. The number of hydrogen-bond acceptors (Lipinski definition) is 6. The highest BCUT2D eigenvalue weighted by molar-refractivity contribution is 5.96. The van der Waals surface area contributed by atoms with Crippen molar-refractivity contribution in [1.82, 2.24) is 40.4 Å². The predicted octanol–water partition coefficient (Wildman–Crippen LogP) is 6.47. The van der Waals surface area contributed by atoms with E-state index < -0.39 is 5.82 Å². The molecule has 0 aromatic carbocycles. The van der Waals surface area contributed by atoms with Gasteiger partial charge in [0.2, 0.25) is 0 Å². The van der Waals surface area contributed by atoms with E-state index in [-0.39, 0.29) is 11.0 Å². The van der Waals surface area contributed by atoms with Crippen molar-refractivity contribution in [3.05, 3.63) is 97.0 Å². The first-order valence-corrected chi connectivity index (χ1v) is 12.3. The maximum Gasteiger partial charge on any atom is 0.184 e. The molecular weight excluding hydrogens is 479 g/mol. The molecule has 0 spiro atoms. The minimum Gasteiger partial charge on any atom is -0.359 e. The molecule has 0 radical (unpaired) electrons. The summed E-state index contributed by atoms with van der Waals surface area (Å²) < 4.78 is 16.1. The molecule has 0 aliphatic carbocycles. The van der Waals surface area contributed by atoms with E-state index in [4.69, 9.17) is 0 Å². The molecule has 0 unspecified atom stereocenters. The Morgan fingerprint density at radius 3 is 2.74 bits per heavy atom. The lowest BCUT2D eigenvalue weighted by Crippen LogP contribution is -2.10. The van der Waals surface area contributed by atoms with Crippen LogP contribution in [-0.4, -0.2) is 35.1 Å². The molecule has 0 aliphatic rings. The third-order valence-electron chi connectivity index (χ3n) is 6.11. The quantitative estimate of drug-likeness (QED) is 0.198. The van der Waals surface area contributed by atoms with Gasteiger partial charge in [-0.3, -0.25) is 10.1 Å². The smallest absolute Gasteiger partial charge is 0.184 e. The van der Waals surface area contributed by atoms with Crippen molar-refractivity contribution in [2.45, 2.75) is 26.7 Å². The lowest BCUT2D eigenvalue weighted by molar-refractivity contribution is 0.635. The Balaban J connectivity index is 1.59. The van der Waals surface area contributed by atoms with Crippen LogP contribution in [0.1, 0.15) is 32.3 Å². The zero-order valence-electron chi connectivity index (χ0n) is 21.2. The summed E-state index contributed by atoms with van der Waals surface area (Å²) in [5.74, 6) is -0.0598. The van der Waals surface area contributed by atoms with Crippen LogP contribution in [0.5, 0.6) is 0 Å². The van der Waals surface area contributed by atoms with Gasteiger partial charge < -0.3 is 10.3 Å². The SMILES string of the molecule is C=C/C(=C\C(=C/C)c1cnc2n[nH]c(-c3nc4nccc(-c5ccccn5)c4[nH]3)c2c1F)NC(=C)CCC. The second-order valence-corrected chi connectivity index (χ2v) is 8.67. The first-order chi connectivity index (χ1) is 18.5. The van der Waals surface area contributed by atoms with Crippen LogP contribution in [0.4, 0.5) is 4.39 Å². The Morgan fingerprint density at radius 1 is 1.13 bits per heavy atom. The summed E-state index contributed by atoms with van der Waals surface area (Å²) in [6.07, 6.45) is 12.0. The topological polar surface area (TPSA) is 108 Å². The summed E-state index contributed by atoms with van der Waals surface area (Å²) in [4.78, 5) is 21.1. The number of nitrogens with one attached hydrogen (secondary N) is 3. The Bertz CT molecular complexity index is 1710. The number of pyridine rings is 3. The number of nitrogens with zero attached hydrogens (tertiary/aromatic N) is 5. The van der Waals surface area contributed by atoms with Gasteiger partial charge in [0, 0.05) is 41.1 Å². The summed E-state index contributed by atoms with van der Waals surface area (Å²) in [6.45, 7) is 11.8. The van der Waals surface area contributed by atoms with Crippen LogP contribution in [0, 0.1) is 5.82 Å². The molecule has 0 saturated heterocycles. The van der Waals surface area contributed by atoms with Gasteiger partial charge in [-0.05, 0) is 49.3 Å². The van der Waals surface area contributed by atoms with E-state index in [0.717, 1.165) is 29.8 Å². The van der Waals surface area contributed by atoms with Gasteiger partial charge in [0.25, 0.3) is 0 Å². The molecule has 8 nitrogen and oxygen atoms in total. The Labute approximate surface area is 219 Å². The molecule has 5 heterocycles. The lowest BCUT2D eigenvalue weighted by atomic mass is 10.0. The molecule has 0 atom stereocenters. The van der Waals surface area contributed by atoms with E-state index in [1.807, 2.05) is 43.3 Å². The fourth-order valence-electron chi connectivity index (χ4n) is 4.29. The number of hydrogen-bond donors (Lipinski definition) is 3. The average Bonchev–Trinajstić information content (AvgIpc) is 3.57. The average molecular weight is 507 g/mol. The number of rotatable bonds is 9. The zero-order chi connectivity index (χ0) is 26.6. The zero-order valence-corrected chi connectivity index (χ0v) is 21.2. The van der Waals surface area contributed by atoms with Gasteiger partial charge >= 0.3 is 0 Å². The molecule has 3 N–H and O–H groups in total. The van der Waals surface area contributed by atoms with E-state index in [0.29, 0.717) is 39.5 Å². The van der Waals surface area contributed by atoms with Crippen LogP contribution in [0.2, 0.25) is 0 Å². The number of imidazole rings is 1. The van der Waals surface area contributed by atoms with E-state index in [9.17, 15) is 0 Å². The van der Waals surface area contributed by atoms with Crippen molar-refractivity contribution in [3.63, 3.8) is 0 Å². The molecule has 0 fully saturated rings. The highest BCUT2D eigenvalue weighted by atomic mass is 19.1. The van der Waals surface area contributed by atoms with Crippen molar-refractivity contribution in [3.8, 4) is 22.8 Å². The van der Waals surface area contributed by atoms with E-state index in [2.05, 4.69) is 60.5 Å². The number of allylic oxidation sites excluding steroid dienone is 5. The molecule has 0 amide bonds. The third-order valence-corrected chi connectivity index (χ3v) is 6.11. The maximum absolute atomic E-state index is 16.1. The summed E-state index contributed by atoms with van der Waals surface area (Å²) in [5.41, 5.74) is 5.98. The minimum atomic E-state index is -0.461. The second-order valence-electron chi connectivity index (χ2n) is 8.67. The minimum absolute atomic E-state index is 0.234. The van der Waals surface area contributed by atoms with Gasteiger partial charge in [-0.2, -0.15) is 5.10 Å². The van der Waals surface area contributed by atoms with Crippen molar-refractivity contribution >= 4 is 27.8 Å². The summed E-state index contributed by atoms with van der Waals surface area (Å²) in [7, 11) is 0. The van der Waals surface area contributed by atoms with E-state index >= 15 is 4.39 Å². The Hall–Kier alpha value is -4.92. The molecule has 0 bridgehead atoms. The second kappa shape index (κ2) is 10.6. The molecular formula is C29H27FN8. The van der Waals surface area contributed by atoms with Crippen molar-refractivity contribution < 1.29 is 4.39 Å². The standard InChI is InChI=1S/C29H27FN8/c1-5-10-17(4)34-19(7-3)15-18(6-2)21-16-33-27-23(24(21)30)26(37-38-27)29-35-25-20(12-14-32-28(25)36-29)22-11-8-9-13-31-22/h6-9,11-16,34H,3-5,10H2,1-2H3,(H,32,35,36)(H,33,37,38)/b18-6+,19-15+. The number of fused-ring (bicyclic) bond motifs is 2. The molecule has 190 valence electrons. The van der Waals surface area contributed by atoms with E-state index in [1.54, 1.807) is 18.5 Å². The fraction of sp³-hybridized carbons (Fsp3) is 0.138. The van der Waals surface area contributed by atoms with Gasteiger partial charge in [0.15, 0.2) is 17.1 Å². The van der Waals surface area contributed by atoms with Crippen molar-refractivity contribution in [2.24, 2.45) is 0 Å². The predicted molar refractivity (Wildman–Crippen MR) is 149 cm³/mol. The summed E-state index contributed by atoms with van der Waals surface area (Å²) in [5, 5.41) is 10.6. The normalized spacial score (nSPS) is 12.3. The monoisotopic (exact) mass is 506 g/mol.